The molecule has 1 aliphatic heterocycles. The van der Waals surface area contributed by atoms with Crippen molar-refractivity contribution in [3.63, 3.8) is 0 Å². The highest BCUT2D eigenvalue weighted by Gasteiger charge is 2.25. The summed E-state index contributed by atoms with van der Waals surface area (Å²) in [6.07, 6.45) is 1.85. The fourth-order valence-electron chi connectivity index (χ4n) is 2.73. The maximum Gasteiger partial charge on any atom is 0.342 e. The Morgan fingerprint density at radius 2 is 1.90 bits per heavy atom. The van der Waals surface area contributed by atoms with E-state index in [1.165, 1.54) is 37.3 Å². The highest BCUT2D eigenvalue weighted by Crippen LogP contribution is 2.31. The molecule has 1 aromatic rings. The maximum atomic E-state index is 12.7. The average molecular weight is 418 g/mol. The lowest BCUT2D eigenvalue weighted by Crippen LogP contribution is -2.32. The molecule has 0 aromatic heterocycles. The molecule has 162 valence electrons. The normalized spacial score (nSPS) is 27.4. The fourth-order valence-corrected chi connectivity index (χ4v) is 2.73. The minimum Gasteiger partial charge on any atom is -0.507 e. The second-order valence-corrected chi connectivity index (χ2v) is 7.28. The number of hydrogen-bond donors (Lipinski definition) is 3. The maximum absolute atomic E-state index is 12.7. The van der Waals surface area contributed by atoms with Gasteiger partial charge in [-0.1, -0.05) is 25.2 Å². The first kappa shape index (κ1) is 23.3. The number of aliphatic hydroxyl groups is 2. The summed E-state index contributed by atoms with van der Waals surface area (Å²) in [6.45, 7) is 4.49. The molecule has 2 rings (SSSR count). The number of esters is 1. The largest absolute Gasteiger partial charge is 0.507 e. The van der Waals surface area contributed by atoms with Crippen LogP contribution in [0.1, 0.15) is 43.1 Å². The number of phenols is 1. The van der Waals surface area contributed by atoms with Gasteiger partial charge in [-0.3, -0.25) is 9.59 Å². The fraction of sp³-hybridized carbons (Fsp3) is 0.409. The molecule has 8 heteroatoms. The number of aromatic hydroxyl groups is 1. The number of Topliss-reactive ketones (excluding diaryl/α,β-unsaturated/α-hetero) is 1. The summed E-state index contributed by atoms with van der Waals surface area (Å²) >= 11 is 0. The lowest BCUT2D eigenvalue weighted by molar-refractivity contribution is -0.127. The molecule has 4 atom stereocenters. The highest BCUT2D eigenvalue weighted by atomic mass is 16.5. The first-order valence-electron chi connectivity index (χ1n) is 9.55. The molecule has 0 saturated carbocycles. The number of phenolic OH excluding ortho intramolecular Hbond substituents is 1. The predicted molar refractivity (Wildman–Crippen MR) is 108 cm³/mol. The molecule has 0 bridgehead atoms. The number of cyclic esters (lactones) is 1. The van der Waals surface area contributed by atoms with Gasteiger partial charge in [0, 0.05) is 12.0 Å². The van der Waals surface area contributed by atoms with Gasteiger partial charge in [-0.25, -0.2) is 4.79 Å². The van der Waals surface area contributed by atoms with Gasteiger partial charge in [0.15, 0.2) is 11.6 Å². The van der Waals surface area contributed by atoms with Crippen LogP contribution in [0.15, 0.2) is 30.4 Å². The molecule has 1 aliphatic rings. The van der Waals surface area contributed by atoms with Crippen LogP contribution in [0.4, 0.5) is 0 Å². The molecule has 1 aromatic carbocycles. The number of carbonyl (C=O) groups excluding carboxylic acids is 3. The molecular weight excluding hydrogens is 392 g/mol. The lowest BCUT2D eigenvalue weighted by atomic mass is 9.99. The second kappa shape index (κ2) is 10.2. The van der Waals surface area contributed by atoms with Gasteiger partial charge >= 0.3 is 5.97 Å². The molecule has 3 N–H and O–H groups in total. The van der Waals surface area contributed by atoms with Gasteiger partial charge in [0.2, 0.25) is 0 Å². The van der Waals surface area contributed by atoms with Crippen molar-refractivity contribution in [2.24, 2.45) is 5.92 Å². The molecule has 0 unspecified atom stereocenters. The van der Waals surface area contributed by atoms with Crippen molar-refractivity contribution in [1.82, 2.24) is 0 Å². The molecule has 0 saturated heterocycles. The summed E-state index contributed by atoms with van der Waals surface area (Å²) in [4.78, 5) is 35.9. The van der Waals surface area contributed by atoms with Gasteiger partial charge in [0.25, 0.3) is 0 Å². The summed E-state index contributed by atoms with van der Waals surface area (Å²) in [5.41, 5.74) is 0.131. The van der Waals surface area contributed by atoms with Crippen LogP contribution in [0.2, 0.25) is 0 Å². The van der Waals surface area contributed by atoms with Gasteiger partial charge in [-0.15, -0.1) is 0 Å². The van der Waals surface area contributed by atoms with E-state index in [4.69, 9.17) is 9.47 Å². The van der Waals surface area contributed by atoms with E-state index in [1.807, 2.05) is 0 Å². The minimum absolute atomic E-state index is 0.0829. The highest BCUT2D eigenvalue weighted by molar-refractivity contribution is 5.97. The first-order chi connectivity index (χ1) is 14.1. The smallest absolute Gasteiger partial charge is 0.342 e. The third-order valence-corrected chi connectivity index (χ3v) is 4.70. The number of carbonyl (C=O) groups is 3. The summed E-state index contributed by atoms with van der Waals surface area (Å²) in [5.74, 6) is -2.25. The molecule has 0 radical (unpaired) electrons. The van der Waals surface area contributed by atoms with Gasteiger partial charge in [0.05, 0.1) is 6.10 Å². The van der Waals surface area contributed by atoms with E-state index < -0.39 is 30.1 Å². The zero-order chi connectivity index (χ0) is 22.4. The molecule has 0 spiro atoms. The zero-order valence-corrected chi connectivity index (χ0v) is 17.1. The van der Waals surface area contributed by atoms with Crippen LogP contribution >= 0.6 is 0 Å². The molecule has 0 fully saturated rings. The molecule has 8 nitrogen and oxygen atoms in total. The summed E-state index contributed by atoms with van der Waals surface area (Å²) in [5, 5.41) is 30.5. The summed E-state index contributed by atoms with van der Waals surface area (Å²) in [6, 6.07) is 2.66. The van der Waals surface area contributed by atoms with E-state index in [-0.39, 0.29) is 47.4 Å². The van der Waals surface area contributed by atoms with E-state index in [1.54, 1.807) is 13.8 Å². The van der Waals surface area contributed by atoms with E-state index in [0.29, 0.717) is 0 Å². The molecule has 0 amide bonds. The third kappa shape index (κ3) is 6.01. The number of hydrogen-bond acceptors (Lipinski definition) is 8. The van der Waals surface area contributed by atoms with Crippen molar-refractivity contribution in [3.8, 4) is 11.5 Å². The molecular formula is C22H26O8. The van der Waals surface area contributed by atoms with E-state index in [0.717, 1.165) is 6.08 Å². The zero-order valence-electron chi connectivity index (χ0n) is 17.1. The first-order valence-corrected chi connectivity index (χ1v) is 9.55. The van der Waals surface area contributed by atoms with Gasteiger partial charge in [0.1, 0.15) is 35.9 Å². The van der Waals surface area contributed by atoms with Crippen LogP contribution in [-0.4, -0.2) is 57.8 Å². The monoisotopic (exact) mass is 418 g/mol. The van der Waals surface area contributed by atoms with Crippen LogP contribution in [-0.2, 0) is 14.3 Å². The Morgan fingerprint density at radius 3 is 2.57 bits per heavy atom. The van der Waals surface area contributed by atoms with Crippen molar-refractivity contribution in [1.29, 1.82) is 0 Å². The lowest BCUT2D eigenvalue weighted by Gasteiger charge is -2.20. The topological polar surface area (TPSA) is 130 Å². The summed E-state index contributed by atoms with van der Waals surface area (Å²) < 4.78 is 10.7. The standard InChI is InChI=1S/C22H26O8/c1-12-7-8-18(25)21(27)17(24)6-4-5-15-9-16(29-11-13(2)23)10-19(26)20(15)22(28)30-14(12)3/h4-5,7-10,12,14,17,21,24,26-27H,6,11H2,1-3H3/b5-4+,8-7-/t12-,14+,17+,21+/m1/s1. The van der Waals surface area contributed by atoms with Crippen molar-refractivity contribution in [2.45, 2.75) is 45.5 Å². The summed E-state index contributed by atoms with van der Waals surface area (Å²) in [7, 11) is 0. The van der Waals surface area contributed by atoms with Gasteiger partial charge in [-0.05, 0) is 38.0 Å². The number of rotatable bonds is 3. The van der Waals surface area contributed by atoms with Gasteiger partial charge < -0.3 is 24.8 Å². The molecule has 0 aliphatic carbocycles. The van der Waals surface area contributed by atoms with Crippen molar-refractivity contribution < 1.29 is 39.2 Å². The molecule has 30 heavy (non-hydrogen) atoms. The predicted octanol–water partition coefficient (Wildman–Crippen LogP) is 1.81. The Kier molecular flexibility index (Phi) is 7.91. The third-order valence-electron chi connectivity index (χ3n) is 4.70. The number of benzene rings is 1. The number of ether oxygens (including phenoxy) is 2. The van der Waals surface area contributed by atoms with Crippen molar-refractivity contribution in [2.75, 3.05) is 6.61 Å². The van der Waals surface area contributed by atoms with E-state index in [2.05, 4.69) is 0 Å². The van der Waals surface area contributed by atoms with Crippen LogP contribution in [0, 0.1) is 5.92 Å². The second-order valence-electron chi connectivity index (χ2n) is 7.28. The van der Waals surface area contributed by atoms with Crippen LogP contribution < -0.4 is 4.74 Å². The van der Waals surface area contributed by atoms with Crippen LogP contribution in [0.3, 0.4) is 0 Å². The van der Waals surface area contributed by atoms with E-state index in [9.17, 15) is 29.7 Å². The van der Waals surface area contributed by atoms with Gasteiger partial charge in [-0.2, -0.15) is 0 Å². The Hall–Kier alpha value is -2.97. The quantitative estimate of drug-likeness (QED) is 0.634. The molecule has 1 heterocycles. The Balaban J connectivity index is 2.48. The Morgan fingerprint density at radius 1 is 1.20 bits per heavy atom. The SMILES string of the molecule is CC(=O)COc1cc(O)c2c(c1)/C=C/C[C@H](O)[C@H](O)C(=O)/C=C\[C@@H](C)[C@H](C)OC2=O. The number of ketones is 2. The Labute approximate surface area is 174 Å². The average Bonchev–Trinajstić information content (AvgIpc) is 2.68. The number of fused-ring (bicyclic) bond motifs is 1. The Bertz CT molecular complexity index is 870. The minimum atomic E-state index is -1.60. The van der Waals surface area contributed by atoms with E-state index >= 15 is 0 Å². The number of aliphatic hydroxyl groups excluding tert-OH is 2. The van der Waals surface area contributed by atoms with Crippen molar-refractivity contribution >= 4 is 23.6 Å². The van der Waals surface area contributed by atoms with Crippen LogP contribution in [0.25, 0.3) is 6.08 Å². The van der Waals surface area contributed by atoms with Crippen LogP contribution in [0.5, 0.6) is 11.5 Å². The van der Waals surface area contributed by atoms with Crippen molar-refractivity contribution in [3.05, 3.63) is 41.5 Å².